The van der Waals surface area contributed by atoms with Crippen LogP contribution in [0.1, 0.15) is 33.5 Å². The Balaban J connectivity index is 1.64. The Morgan fingerprint density at radius 3 is 2.27 bits per heavy atom. The van der Waals surface area contributed by atoms with Gasteiger partial charge in [-0.05, 0) is 50.0 Å². The first kappa shape index (κ1) is 28.4. The van der Waals surface area contributed by atoms with Crippen molar-refractivity contribution in [3.05, 3.63) is 58.7 Å². The Hall–Kier alpha value is -4.15. The number of amides is 1. The maximum atomic E-state index is 14.1. The van der Waals surface area contributed by atoms with Crippen molar-refractivity contribution in [3.8, 4) is 5.75 Å². The number of phenols is 1. The lowest BCUT2D eigenvalue weighted by Crippen LogP contribution is -2.74. The van der Waals surface area contributed by atoms with Gasteiger partial charge in [0.05, 0.1) is 17.5 Å². The number of nitrogens with two attached hydrogens (primary N) is 1. The molecular formula is C31H33N3O7. The first-order valence-electron chi connectivity index (χ1n) is 13.4. The van der Waals surface area contributed by atoms with Gasteiger partial charge in [-0.15, -0.1) is 0 Å². The summed E-state index contributed by atoms with van der Waals surface area (Å²) < 4.78 is 0. The summed E-state index contributed by atoms with van der Waals surface area (Å²) in [7, 11) is 6.73. The highest BCUT2D eigenvalue weighted by Crippen LogP contribution is 2.52. The van der Waals surface area contributed by atoms with Crippen LogP contribution >= 0.6 is 0 Å². The molecule has 1 amide bonds. The van der Waals surface area contributed by atoms with Crippen molar-refractivity contribution < 1.29 is 34.2 Å². The summed E-state index contributed by atoms with van der Waals surface area (Å²) in [5.74, 6) is -10.6. The first-order chi connectivity index (χ1) is 19.3. The number of primary amides is 1. The monoisotopic (exact) mass is 559 g/mol. The van der Waals surface area contributed by atoms with E-state index in [9.17, 15) is 34.2 Å². The van der Waals surface area contributed by atoms with Crippen LogP contribution in [-0.4, -0.2) is 84.0 Å². The van der Waals surface area contributed by atoms with Crippen LogP contribution in [0.4, 0.5) is 5.69 Å². The summed E-state index contributed by atoms with van der Waals surface area (Å²) in [6.07, 6.45) is 3.68. The van der Waals surface area contributed by atoms with Crippen LogP contribution in [0.2, 0.25) is 0 Å². The van der Waals surface area contributed by atoms with E-state index < -0.39 is 64.4 Å². The normalized spacial score (nSPS) is 29.4. The lowest BCUT2D eigenvalue weighted by Gasteiger charge is -2.52. The van der Waals surface area contributed by atoms with Crippen molar-refractivity contribution in [3.63, 3.8) is 0 Å². The predicted octanol–water partition coefficient (Wildman–Crippen LogP) is 1.10. The number of ketones is 4. The molecule has 2 aromatic carbocycles. The summed E-state index contributed by atoms with van der Waals surface area (Å²) in [6, 6.07) is 10.0. The number of rotatable bonds is 5. The lowest BCUT2D eigenvalue weighted by molar-refractivity contribution is -0.181. The zero-order valence-corrected chi connectivity index (χ0v) is 23.3. The van der Waals surface area contributed by atoms with Gasteiger partial charge in [0.25, 0.3) is 0 Å². The maximum absolute atomic E-state index is 14.1. The molecule has 0 aliphatic heterocycles. The second kappa shape index (κ2) is 10.0. The van der Waals surface area contributed by atoms with E-state index in [-0.39, 0.29) is 24.2 Å². The predicted molar refractivity (Wildman–Crippen MR) is 151 cm³/mol. The van der Waals surface area contributed by atoms with Crippen LogP contribution in [0.25, 0.3) is 12.2 Å². The molecule has 0 radical (unpaired) electrons. The molecule has 5 rings (SSSR count). The van der Waals surface area contributed by atoms with Gasteiger partial charge in [0.2, 0.25) is 5.91 Å². The van der Waals surface area contributed by atoms with E-state index in [1.165, 1.54) is 4.90 Å². The van der Waals surface area contributed by atoms with E-state index >= 15 is 0 Å². The molecule has 0 aromatic heterocycles. The molecule has 3 aliphatic carbocycles. The van der Waals surface area contributed by atoms with E-state index in [0.717, 1.165) is 5.56 Å². The molecule has 10 nitrogen and oxygen atoms in total. The summed E-state index contributed by atoms with van der Waals surface area (Å²) in [6.45, 7) is 0. The molecule has 2 aromatic rings. The first-order valence-corrected chi connectivity index (χ1v) is 13.4. The van der Waals surface area contributed by atoms with Crippen LogP contribution in [-0.2, 0) is 25.6 Å². The molecule has 0 spiro atoms. The van der Waals surface area contributed by atoms with Crippen LogP contribution in [0.15, 0.2) is 36.4 Å². The Kier molecular flexibility index (Phi) is 6.95. The molecule has 2 unspecified atom stereocenters. The average Bonchev–Trinajstić information content (AvgIpc) is 2.90. The number of aromatic hydroxyl groups is 1. The number of aliphatic hydroxyl groups is 1. The number of likely N-dealkylation sites (N-methyl/N-ethyl adjacent to an activating group) is 1. The number of hydrogen-bond donors (Lipinski definition) is 3. The highest BCUT2D eigenvalue weighted by molar-refractivity contribution is 6.32. The molecule has 0 bridgehead atoms. The quantitative estimate of drug-likeness (QED) is 0.360. The maximum Gasteiger partial charge on any atom is 0.235 e. The Morgan fingerprint density at radius 2 is 1.68 bits per heavy atom. The van der Waals surface area contributed by atoms with Crippen LogP contribution < -0.4 is 10.6 Å². The second-order valence-electron chi connectivity index (χ2n) is 11.6. The van der Waals surface area contributed by atoms with Crippen molar-refractivity contribution >= 4 is 46.9 Å². The zero-order chi connectivity index (χ0) is 30.0. The summed E-state index contributed by atoms with van der Waals surface area (Å²) in [5.41, 5.74) is 5.07. The Morgan fingerprint density at radius 1 is 1.02 bits per heavy atom. The van der Waals surface area contributed by atoms with Gasteiger partial charge in [-0.25, -0.2) is 0 Å². The number of hydrogen-bond acceptors (Lipinski definition) is 9. The fraction of sp³-hybridized carbons (Fsp3) is 0.387. The topological polar surface area (TPSA) is 158 Å². The van der Waals surface area contributed by atoms with E-state index in [4.69, 9.17) is 5.73 Å². The number of carbonyl (C=O) groups is 5. The zero-order valence-electron chi connectivity index (χ0n) is 23.3. The molecule has 3 aliphatic rings. The van der Waals surface area contributed by atoms with Crippen molar-refractivity contribution in [1.29, 1.82) is 0 Å². The Bertz CT molecular complexity index is 1510. The van der Waals surface area contributed by atoms with Gasteiger partial charge in [-0.1, -0.05) is 42.5 Å². The molecule has 214 valence electrons. The fourth-order valence-corrected chi connectivity index (χ4v) is 6.95. The van der Waals surface area contributed by atoms with Gasteiger partial charge < -0.3 is 20.8 Å². The summed E-state index contributed by atoms with van der Waals surface area (Å²) >= 11 is 0. The van der Waals surface area contributed by atoms with Gasteiger partial charge in [-0.2, -0.15) is 0 Å². The van der Waals surface area contributed by atoms with Crippen LogP contribution in [0, 0.1) is 23.7 Å². The summed E-state index contributed by atoms with van der Waals surface area (Å²) in [5, 5.41) is 23.1. The third-order valence-corrected chi connectivity index (χ3v) is 8.80. The van der Waals surface area contributed by atoms with Gasteiger partial charge in [0.15, 0.2) is 34.7 Å². The standard InChI is InChI=1S/C31H33N3O7/c1-33(2)20-14-16(11-10-15-8-6-5-7-9-15)25(35)22-18(20)12-17-13-19-24(34(3)4)27(37)23(30(32)40)29(39)31(19,41)28(38)21(17)26(22)36/h5-11,14,17,19,21,23-24,35,41H,12-13H2,1-4H3,(H2,32,40)/b11-10+/t17-,19-,21?,23?,24-,31-/m0/s1. The third kappa shape index (κ3) is 4.20. The van der Waals surface area contributed by atoms with Crippen molar-refractivity contribution in [1.82, 2.24) is 4.90 Å². The molecule has 2 saturated carbocycles. The smallest absolute Gasteiger partial charge is 0.235 e. The number of anilines is 1. The minimum absolute atomic E-state index is 0.00713. The third-order valence-electron chi connectivity index (χ3n) is 8.80. The van der Waals surface area contributed by atoms with Crippen LogP contribution in [0.5, 0.6) is 5.75 Å². The highest BCUT2D eigenvalue weighted by Gasteiger charge is 2.69. The van der Waals surface area contributed by atoms with Crippen molar-refractivity contribution in [2.75, 3.05) is 33.1 Å². The molecule has 10 heteroatoms. The van der Waals surface area contributed by atoms with Gasteiger partial charge >= 0.3 is 0 Å². The molecular weight excluding hydrogens is 526 g/mol. The lowest BCUT2D eigenvalue weighted by atomic mass is 9.52. The van der Waals surface area contributed by atoms with Crippen LogP contribution in [0.3, 0.4) is 0 Å². The second-order valence-corrected chi connectivity index (χ2v) is 11.6. The number of benzene rings is 2. The van der Waals surface area contributed by atoms with Gasteiger partial charge in [-0.3, -0.25) is 28.9 Å². The number of phenolic OH excluding ortho intramolecular Hbond substituents is 1. The number of Topliss-reactive ketones (excluding diaryl/α,β-unsaturated/α-hetero) is 4. The average molecular weight is 560 g/mol. The van der Waals surface area contributed by atoms with E-state index in [0.29, 0.717) is 16.8 Å². The minimum atomic E-state index is -2.75. The van der Waals surface area contributed by atoms with Crippen molar-refractivity contribution in [2.45, 2.75) is 24.5 Å². The van der Waals surface area contributed by atoms with Gasteiger partial charge in [0.1, 0.15) is 5.75 Å². The highest BCUT2D eigenvalue weighted by atomic mass is 16.3. The number of fused-ring (bicyclic) bond motifs is 3. The Labute approximate surface area is 237 Å². The number of carbonyl (C=O) groups excluding carboxylic acids is 5. The molecule has 41 heavy (non-hydrogen) atoms. The van der Waals surface area contributed by atoms with Gasteiger partial charge in [0, 0.05) is 31.3 Å². The van der Waals surface area contributed by atoms with Crippen molar-refractivity contribution in [2.24, 2.45) is 29.4 Å². The molecule has 2 fully saturated rings. The minimum Gasteiger partial charge on any atom is -0.507 e. The molecule has 0 heterocycles. The largest absolute Gasteiger partial charge is 0.507 e. The molecule has 0 saturated heterocycles. The van der Waals surface area contributed by atoms with E-state index in [2.05, 4.69) is 0 Å². The van der Waals surface area contributed by atoms with E-state index in [1.807, 2.05) is 49.3 Å². The SMILES string of the molecule is CN(C)c1cc(/C=C/c2ccccc2)c(O)c2c1C[C@H]1C[C@H]3[C@H](N(C)C)C(=O)C(C(N)=O)C(=O)[C@@]3(O)C(=O)C1C2=O. The fourth-order valence-electron chi connectivity index (χ4n) is 6.95. The molecule has 4 N–H and O–H groups in total. The summed E-state index contributed by atoms with van der Waals surface area (Å²) in [4.78, 5) is 70.2. The number of nitrogens with zero attached hydrogens (tertiary/aromatic N) is 2. The van der Waals surface area contributed by atoms with E-state index in [1.54, 1.807) is 32.3 Å². The molecule has 6 atom stereocenters.